The van der Waals surface area contributed by atoms with E-state index in [1.165, 1.54) is 20.1 Å². The van der Waals surface area contributed by atoms with E-state index in [1.807, 2.05) is 24.3 Å². The zero-order valence-corrected chi connectivity index (χ0v) is 20.7. The monoisotopic (exact) mass is 518 g/mol. The molecular weight excluding hydrogens is 495 g/mol. The molecule has 0 fully saturated rings. The summed E-state index contributed by atoms with van der Waals surface area (Å²) in [6.45, 7) is 3.15. The number of benzene rings is 2. The van der Waals surface area contributed by atoms with Crippen molar-refractivity contribution in [2.75, 3.05) is 7.11 Å². The Balaban J connectivity index is 1.78. The molecule has 0 radical (unpaired) electrons. The van der Waals surface area contributed by atoms with Gasteiger partial charge in [0.2, 0.25) is 5.75 Å². The molecule has 1 heterocycles. The average molecular weight is 519 g/mol. The number of pyridine rings is 1. The number of nitrogens with zero attached hydrogens (tertiary/aromatic N) is 1. The van der Waals surface area contributed by atoms with Gasteiger partial charge in [0.05, 0.1) is 7.11 Å². The van der Waals surface area contributed by atoms with Gasteiger partial charge < -0.3 is 25.1 Å². The molecule has 0 aliphatic rings. The maximum absolute atomic E-state index is 12.8. The van der Waals surface area contributed by atoms with E-state index in [4.69, 9.17) is 32.7 Å². The lowest BCUT2D eigenvalue weighted by Gasteiger charge is -2.26. The molecular formula is C25H24Cl2N2O6. The van der Waals surface area contributed by atoms with Crippen LogP contribution in [-0.2, 0) is 9.53 Å². The highest BCUT2D eigenvalue weighted by Gasteiger charge is 2.31. The van der Waals surface area contributed by atoms with Gasteiger partial charge in [0.25, 0.3) is 0 Å². The van der Waals surface area contributed by atoms with E-state index >= 15 is 0 Å². The predicted molar refractivity (Wildman–Crippen MR) is 131 cm³/mol. The predicted octanol–water partition coefficient (Wildman–Crippen LogP) is 4.22. The third-order valence-electron chi connectivity index (χ3n) is 5.41. The van der Waals surface area contributed by atoms with Crippen molar-refractivity contribution >= 4 is 35.1 Å². The summed E-state index contributed by atoms with van der Waals surface area (Å²) in [5.74, 6) is -2.72. The molecule has 35 heavy (non-hydrogen) atoms. The first-order valence-electron chi connectivity index (χ1n) is 10.6. The van der Waals surface area contributed by atoms with Crippen LogP contribution in [0, 0.1) is 5.21 Å². The van der Waals surface area contributed by atoms with Gasteiger partial charge in [0, 0.05) is 22.0 Å². The van der Waals surface area contributed by atoms with Gasteiger partial charge in [-0.1, -0.05) is 47.5 Å². The van der Waals surface area contributed by atoms with Gasteiger partial charge in [0.15, 0.2) is 11.9 Å². The van der Waals surface area contributed by atoms with E-state index in [0.29, 0.717) is 10.0 Å². The molecule has 0 aliphatic heterocycles. The largest absolute Gasteiger partial charge is 0.618 e. The van der Waals surface area contributed by atoms with Crippen LogP contribution in [-0.4, -0.2) is 36.2 Å². The molecule has 2 atom stereocenters. The molecule has 0 unspecified atom stereocenters. The molecule has 3 rings (SSSR count). The topological polar surface area (TPSA) is 112 Å². The highest BCUT2D eigenvalue weighted by Crippen LogP contribution is 2.32. The number of halogens is 2. The van der Waals surface area contributed by atoms with Crippen LogP contribution in [0.3, 0.4) is 0 Å². The van der Waals surface area contributed by atoms with Crippen LogP contribution in [0.2, 0.25) is 10.0 Å². The minimum atomic E-state index is -1.12. The second-order valence-electron chi connectivity index (χ2n) is 7.83. The van der Waals surface area contributed by atoms with Crippen LogP contribution in [0.1, 0.15) is 41.4 Å². The first-order valence-corrected chi connectivity index (χ1v) is 11.4. The van der Waals surface area contributed by atoms with Crippen molar-refractivity contribution in [3.63, 3.8) is 0 Å². The normalized spacial score (nSPS) is 12.6. The zero-order valence-electron chi connectivity index (χ0n) is 19.2. The Bertz CT molecular complexity index is 1160. The fourth-order valence-corrected chi connectivity index (χ4v) is 3.89. The molecule has 2 N–H and O–H groups in total. The zero-order chi connectivity index (χ0) is 25.7. The fourth-order valence-electron chi connectivity index (χ4n) is 3.63. The molecule has 3 aromatic rings. The van der Waals surface area contributed by atoms with Crippen molar-refractivity contribution in [1.29, 1.82) is 0 Å². The van der Waals surface area contributed by atoms with Crippen LogP contribution in [0.5, 0.6) is 11.5 Å². The third-order valence-corrected chi connectivity index (χ3v) is 5.91. The summed E-state index contributed by atoms with van der Waals surface area (Å²) in [5.41, 5.74) is 1.13. The quantitative estimate of drug-likeness (QED) is 0.262. The van der Waals surface area contributed by atoms with Gasteiger partial charge in [0.1, 0.15) is 12.1 Å². The van der Waals surface area contributed by atoms with Gasteiger partial charge in [-0.05, 0) is 49.2 Å². The lowest BCUT2D eigenvalue weighted by atomic mass is 9.87. The fraction of sp³-hybridized carbons (Fsp3) is 0.240. The Hall–Kier alpha value is -3.49. The number of rotatable bonds is 8. The number of ether oxygens (including phenoxy) is 2. The number of esters is 1. The summed E-state index contributed by atoms with van der Waals surface area (Å²) in [6, 6.07) is 14.5. The van der Waals surface area contributed by atoms with Crippen LogP contribution < -0.4 is 14.8 Å². The molecule has 10 heteroatoms. The molecule has 0 saturated heterocycles. The minimum Gasteiger partial charge on any atom is -0.618 e. The van der Waals surface area contributed by atoms with Gasteiger partial charge in [-0.25, -0.2) is 4.79 Å². The summed E-state index contributed by atoms with van der Waals surface area (Å²) < 4.78 is 10.8. The SMILES string of the molecule is COc1cc[n+]([O-])c(C(=O)N[C@@H](C)C(=O)O[C@@H](C)C(c2ccc(Cl)cc2)c2ccc(Cl)cc2)c1O. The molecule has 0 spiro atoms. The molecule has 1 aromatic heterocycles. The number of amides is 1. The molecule has 8 nitrogen and oxygen atoms in total. The van der Waals surface area contributed by atoms with Crippen molar-refractivity contribution in [2.45, 2.75) is 31.9 Å². The van der Waals surface area contributed by atoms with Gasteiger partial charge in [-0.2, -0.15) is 4.73 Å². The lowest BCUT2D eigenvalue weighted by molar-refractivity contribution is -0.608. The van der Waals surface area contributed by atoms with Gasteiger partial charge in [-0.15, -0.1) is 0 Å². The second-order valence-corrected chi connectivity index (χ2v) is 8.70. The maximum atomic E-state index is 12.8. The standard InChI is InChI=1S/C25H24Cl2N2O6/c1-14(28-24(31)22-23(30)20(34-3)12-13-29(22)33)25(32)35-15(2)21(16-4-8-18(26)9-5-16)17-6-10-19(27)11-7-17/h4-15,21,30H,1-3H3,(H,28,31)/t14-,15-/m0/s1. The van der Waals surface area contributed by atoms with E-state index in [0.717, 1.165) is 17.3 Å². The van der Waals surface area contributed by atoms with Crippen molar-refractivity contribution in [3.8, 4) is 11.5 Å². The smallest absolute Gasteiger partial charge is 0.328 e. The Morgan fingerprint density at radius 3 is 1.97 bits per heavy atom. The molecule has 2 aromatic carbocycles. The highest BCUT2D eigenvalue weighted by atomic mass is 35.5. The van der Waals surface area contributed by atoms with Gasteiger partial charge >= 0.3 is 17.6 Å². The van der Waals surface area contributed by atoms with E-state index < -0.39 is 35.5 Å². The highest BCUT2D eigenvalue weighted by molar-refractivity contribution is 6.30. The Labute approximate surface area is 212 Å². The molecule has 1 amide bonds. The van der Waals surface area contributed by atoms with Gasteiger partial charge in [-0.3, -0.25) is 4.79 Å². The number of nitrogens with one attached hydrogen (secondary N) is 1. The first-order chi connectivity index (χ1) is 16.6. The second kappa shape index (κ2) is 11.3. The summed E-state index contributed by atoms with van der Waals surface area (Å²) in [7, 11) is 1.28. The van der Waals surface area contributed by atoms with Crippen molar-refractivity contribution in [1.82, 2.24) is 5.32 Å². The number of hydrogen-bond donors (Lipinski definition) is 2. The number of hydrogen-bond acceptors (Lipinski definition) is 6. The number of methoxy groups -OCH3 is 1. The number of carbonyl (C=O) groups is 2. The van der Waals surface area contributed by atoms with E-state index in [-0.39, 0.29) is 16.4 Å². The molecule has 0 bridgehead atoms. The summed E-state index contributed by atoms with van der Waals surface area (Å²) in [6.07, 6.45) is 0.375. The van der Waals surface area contributed by atoms with Crippen LogP contribution in [0.15, 0.2) is 60.8 Å². The molecule has 0 saturated carbocycles. The Morgan fingerprint density at radius 2 is 1.49 bits per heavy atom. The Kier molecular flexibility index (Phi) is 8.43. The average Bonchev–Trinajstić information content (AvgIpc) is 2.81. The Morgan fingerprint density at radius 1 is 0.971 bits per heavy atom. The van der Waals surface area contributed by atoms with Crippen molar-refractivity contribution in [3.05, 3.63) is 92.9 Å². The first kappa shape index (κ1) is 26.1. The number of aromatic hydroxyl groups is 1. The minimum absolute atomic E-state index is 0.0557. The van der Waals surface area contributed by atoms with Crippen LogP contribution >= 0.6 is 23.2 Å². The van der Waals surface area contributed by atoms with Crippen LogP contribution in [0.4, 0.5) is 0 Å². The van der Waals surface area contributed by atoms with Crippen molar-refractivity contribution in [2.24, 2.45) is 0 Å². The van der Waals surface area contributed by atoms with Crippen molar-refractivity contribution < 1.29 is 28.9 Å². The summed E-state index contributed by atoms with van der Waals surface area (Å²) in [4.78, 5) is 25.5. The molecule has 184 valence electrons. The maximum Gasteiger partial charge on any atom is 0.328 e. The van der Waals surface area contributed by atoms with E-state index in [9.17, 15) is 19.9 Å². The third kappa shape index (κ3) is 6.15. The van der Waals surface area contributed by atoms with Crippen LogP contribution in [0.25, 0.3) is 0 Å². The number of aromatic nitrogens is 1. The summed E-state index contributed by atoms with van der Waals surface area (Å²) in [5, 5.41) is 25.7. The van der Waals surface area contributed by atoms with E-state index in [1.54, 1.807) is 31.2 Å². The van der Waals surface area contributed by atoms with E-state index in [2.05, 4.69) is 5.32 Å². The number of carbonyl (C=O) groups excluding carboxylic acids is 2. The molecule has 0 aliphatic carbocycles. The lowest BCUT2D eigenvalue weighted by Crippen LogP contribution is -2.46. The summed E-state index contributed by atoms with van der Waals surface area (Å²) >= 11 is 12.1.